The Balaban J connectivity index is 3.11. The zero-order valence-corrected chi connectivity index (χ0v) is 8.06. The van der Waals surface area contributed by atoms with E-state index in [2.05, 4.69) is 6.58 Å². The molecular weight excluding hydrogens is 211 g/mol. The molecular formula is C9H6Cl2O2. The van der Waals surface area contributed by atoms with Crippen LogP contribution in [0.25, 0.3) is 5.57 Å². The maximum atomic E-state index is 10.5. The van der Waals surface area contributed by atoms with Crippen molar-refractivity contribution in [2.75, 3.05) is 0 Å². The average Bonchev–Trinajstić information content (AvgIpc) is 2.08. The van der Waals surface area contributed by atoms with E-state index in [-0.39, 0.29) is 5.57 Å². The quantitative estimate of drug-likeness (QED) is 0.772. The van der Waals surface area contributed by atoms with Gasteiger partial charge in [0.2, 0.25) is 0 Å². The molecule has 0 heterocycles. The largest absolute Gasteiger partial charge is 0.478 e. The topological polar surface area (TPSA) is 37.3 Å². The number of carboxylic acid groups (broad SMARTS) is 1. The molecule has 13 heavy (non-hydrogen) atoms. The first-order valence-electron chi connectivity index (χ1n) is 3.40. The van der Waals surface area contributed by atoms with Crippen molar-refractivity contribution >= 4 is 34.7 Å². The Morgan fingerprint density at radius 1 is 1.31 bits per heavy atom. The molecule has 0 saturated heterocycles. The molecule has 0 unspecified atom stereocenters. The fourth-order valence-electron chi connectivity index (χ4n) is 0.807. The number of carbonyl (C=O) groups is 1. The molecule has 1 aromatic carbocycles. The predicted octanol–water partition coefficient (Wildman–Crippen LogP) is 3.09. The molecule has 0 saturated carbocycles. The van der Waals surface area contributed by atoms with Gasteiger partial charge >= 0.3 is 5.97 Å². The fraction of sp³-hybridized carbons (Fsp3) is 0. The van der Waals surface area contributed by atoms with E-state index in [9.17, 15) is 4.79 Å². The Labute approximate surface area is 85.4 Å². The third kappa shape index (κ3) is 2.23. The summed E-state index contributed by atoms with van der Waals surface area (Å²) in [5, 5.41) is 9.33. The van der Waals surface area contributed by atoms with Crippen molar-refractivity contribution in [1.82, 2.24) is 0 Å². The van der Waals surface area contributed by atoms with Gasteiger partial charge < -0.3 is 5.11 Å². The van der Waals surface area contributed by atoms with E-state index in [0.717, 1.165) is 0 Å². The number of rotatable bonds is 2. The van der Waals surface area contributed by atoms with E-state index in [1.807, 2.05) is 0 Å². The maximum absolute atomic E-state index is 10.5. The number of benzene rings is 1. The van der Waals surface area contributed by atoms with Crippen LogP contribution in [0.15, 0.2) is 24.8 Å². The van der Waals surface area contributed by atoms with Crippen molar-refractivity contribution in [3.63, 3.8) is 0 Å². The molecule has 0 radical (unpaired) electrons. The Morgan fingerprint density at radius 3 is 2.38 bits per heavy atom. The summed E-state index contributed by atoms with van der Waals surface area (Å²) in [5.74, 6) is -1.07. The summed E-state index contributed by atoms with van der Waals surface area (Å²) < 4.78 is 0. The molecule has 68 valence electrons. The Kier molecular flexibility index (Phi) is 2.96. The van der Waals surface area contributed by atoms with E-state index in [4.69, 9.17) is 28.3 Å². The molecule has 0 spiro atoms. The van der Waals surface area contributed by atoms with Crippen molar-refractivity contribution in [3.8, 4) is 0 Å². The van der Waals surface area contributed by atoms with Crippen LogP contribution in [0.3, 0.4) is 0 Å². The lowest BCUT2D eigenvalue weighted by molar-refractivity contribution is -0.130. The number of hydrogen-bond acceptors (Lipinski definition) is 1. The van der Waals surface area contributed by atoms with Crippen molar-refractivity contribution in [1.29, 1.82) is 0 Å². The minimum Gasteiger partial charge on any atom is -0.478 e. The molecule has 0 aliphatic carbocycles. The van der Waals surface area contributed by atoms with Crippen LogP contribution in [-0.4, -0.2) is 11.1 Å². The van der Waals surface area contributed by atoms with Gasteiger partial charge in [0.1, 0.15) is 0 Å². The summed E-state index contributed by atoms with van der Waals surface area (Å²) >= 11 is 11.4. The van der Waals surface area contributed by atoms with Crippen molar-refractivity contribution in [3.05, 3.63) is 40.4 Å². The van der Waals surface area contributed by atoms with Crippen LogP contribution in [0.1, 0.15) is 5.56 Å². The fourth-order valence-corrected chi connectivity index (χ4v) is 1.11. The van der Waals surface area contributed by atoms with Gasteiger partial charge in [-0.1, -0.05) is 35.8 Å². The van der Waals surface area contributed by atoms with Gasteiger partial charge in [0.15, 0.2) is 0 Å². The van der Waals surface area contributed by atoms with E-state index in [1.54, 1.807) is 6.07 Å². The maximum Gasteiger partial charge on any atom is 0.335 e. The van der Waals surface area contributed by atoms with Gasteiger partial charge in [-0.2, -0.15) is 0 Å². The van der Waals surface area contributed by atoms with Crippen LogP contribution in [0.5, 0.6) is 0 Å². The summed E-state index contributed by atoms with van der Waals surface area (Å²) in [6.07, 6.45) is 0. The van der Waals surface area contributed by atoms with Gasteiger partial charge in [-0.3, -0.25) is 0 Å². The Morgan fingerprint density at radius 2 is 1.92 bits per heavy atom. The molecule has 1 N–H and O–H groups in total. The molecule has 2 nitrogen and oxygen atoms in total. The molecule has 0 atom stereocenters. The molecule has 0 amide bonds. The predicted molar refractivity (Wildman–Crippen MR) is 53.1 cm³/mol. The third-order valence-corrected chi connectivity index (χ3v) is 2.27. The number of carboxylic acids is 1. The number of aliphatic carboxylic acids is 1. The normalized spacial score (nSPS) is 9.69. The molecule has 1 rings (SSSR count). The first-order chi connectivity index (χ1) is 6.02. The zero-order chi connectivity index (χ0) is 10.0. The molecule has 0 bridgehead atoms. The van der Waals surface area contributed by atoms with E-state index in [1.165, 1.54) is 12.1 Å². The highest BCUT2D eigenvalue weighted by Crippen LogP contribution is 2.25. The SMILES string of the molecule is C=C(C(=O)O)c1ccc(Cl)c(Cl)c1. The first kappa shape index (κ1) is 10.1. The second kappa shape index (κ2) is 3.81. The monoisotopic (exact) mass is 216 g/mol. The van der Waals surface area contributed by atoms with Gasteiger partial charge in [0.25, 0.3) is 0 Å². The minimum absolute atomic E-state index is 0.00133. The van der Waals surface area contributed by atoms with Gasteiger partial charge in [-0.05, 0) is 17.7 Å². The van der Waals surface area contributed by atoms with Crippen LogP contribution in [0.2, 0.25) is 10.0 Å². The first-order valence-corrected chi connectivity index (χ1v) is 4.15. The van der Waals surface area contributed by atoms with Gasteiger partial charge in [-0.25, -0.2) is 4.79 Å². The van der Waals surface area contributed by atoms with Crippen LogP contribution in [-0.2, 0) is 4.79 Å². The van der Waals surface area contributed by atoms with E-state index in [0.29, 0.717) is 15.6 Å². The van der Waals surface area contributed by atoms with Gasteiger partial charge in [0, 0.05) is 0 Å². The molecule has 0 fully saturated rings. The smallest absolute Gasteiger partial charge is 0.335 e. The average molecular weight is 217 g/mol. The molecule has 0 aliphatic rings. The highest BCUT2D eigenvalue weighted by Gasteiger charge is 2.08. The van der Waals surface area contributed by atoms with Crippen molar-refractivity contribution in [2.24, 2.45) is 0 Å². The zero-order valence-electron chi connectivity index (χ0n) is 6.55. The van der Waals surface area contributed by atoms with Crippen LogP contribution >= 0.6 is 23.2 Å². The minimum atomic E-state index is -1.07. The standard InChI is InChI=1S/C9H6Cl2O2/c1-5(9(12)13)6-2-3-7(10)8(11)4-6/h2-4H,1H2,(H,12,13). The summed E-state index contributed by atoms with van der Waals surface area (Å²) in [5.41, 5.74) is 0.459. The third-order valence-electron chi connectivity index (χ3n) is 1.53. The van der Waals surface area contributed by atoms with Crippen LogP contribution < -0.4 is 0 Å². The highest BCUT2D eigenvalue weighted by atomic mass is 35.5. The van der Waals surface area contributed by atoms with Gasteiger partial charge in [0.05, 0.1) is 15.6 Å². The number of halogens is 2. The van der Waals surface area contributed by atoms with E-state index >= 15 is 0 Å². The lowest BCUT2D eigenvalue weighted by Gasteiger charge is -2.01. The molecule has 0 aliphatic heterocycles. The lowest BCUT2D eigenvalue weighted by Crippen LogP contribution is -1.97. The Bertz CT molecular complexity index is 372. The summed E-state index contributed by atoms with van der Waals surface area (Å²) in [4.78, 5) is 10.5. The van der Waals surface area contributed by atoms with Gasteiger partial charge in [-0.15, -0.1) is 0 Å². The molecule has 0 aromatic heterocycles. The van der Waals surface area contributed by atoms with Crippen molar-refractivity contribution < 1.29 is 9.90 Å². The lowest BCUT2D eigenvalue weighted by atomic mass is 10.1. The highest BCUT2D eigenvalue weighted by molar-refractivity contribution is 6.42. The Hall–Kier alpha value is -0.990. The number of hydrogen-bond donors (Lipinski definition) is 1. The second-order valence-electron chi connectivity index (χ2n) is 2.41. The summed E-state index contributed by atoms with van der Waals surface area (Å²) in [6.45, 7) is 3.39. The molecule has 1 aromatic rings. The second-order valence-corrected chi connectivity index (χ2v) is 3.23. The van der Waals surface area contributed by atoms with Crippen LogP contribution in [0, 0.1) is 0 Å². The summed E-state index contributed by atoms with van der Waals surface area (Å²) in [6, 6.07) is 4.57. The molecule has 4 heteroatoms. The van der Waals surface area contributed by atoms with Crippen molar-refractivity contribution in [2.45, 2.75) is 0 Å². The van der Waals surface area contributed by atoms with E-state index < -0.39 is 5.97 Å². The van der Waals surface area contributed by atoms with Crippen LogP contribution in [0.4, 0.5) is 0 Å². The summed E-state index contributed by atoms with van der Waals surface area (Å²) in [7, 11) is 0.